The predicted octanol–water partition coefficient (Wildman–Crippen LogP) is 2.42. The van der Waals surface area contributed by atoms with Gasteiger partial charge in [0, 0.05) is 22.3 Å². The molecule has 3 nitrogen and oxygen atoms in total. The first-order chi connectivity index (χ1) is 7.00. The highest BCUT2D eigenvalue weighted by atomic mass is 79.9. The normalized spacial score (nSPS) is 10.4. The molecule has 0 atom stereocenters. The molecule has 4 heteroatoms. The number of amides is 1. The molecule has 1 aromatic carbocycles. The lowest BCUT2D eigenvalue weighted by molar-refractivity contribution is 0.0949. The summed E-state index contributed by atoms with van der Waals surface area (Å²) in [6.45, 7) is 4.79. The number of hydrogen-bond donors (Lipinski definition) is 2. The number of nitrogens with two attached hydrogens (primary N) is 1. The van der Waals surface area contributed by atoms with Crippen LogP contribution < -0.4 is 11.1 Å². The van der Waals surface area contributed by atoms with Crippen LogP contribution in [0.3, 0.4) is 0 Å². The molecule has 0 fully saturated rings. The van der Waals surface area contributed by atoms with E-state index >= 15 is 0 Å². The molecule has 0 heterocycles. The SMILES string of the molecule is CC(C)CNC(=O)c1ccc(N)c(Br)c1. The fourth-order valence-corrected chi connectivity index (χ4v) is 1.45. The van der Waals surface area contributed by atoms with Crippen molar-refractivity contribution in [2.45, 2.75) is 13.8 Å². The van der Waals surface area contributed by atoms with Gasteiger partial charge in [-0.25, -0.2) is 0 Å². The van der Waals surface area contributed by atoms with Crippen molar-refractivity contribution in [3.8, 4) is 0 Å². The maximum Gasteiger partial charge on any atom is 0.251 e. The van der Waals surface area contributed by atoms with Gasteiger partial charge in [-0.1, -0.05) is 13.8 Å². The van der Waals surface area contributed by atoms with Crippen LogP contribution in [0.25, 0.3) is 0 Å². The molecule has 82 valence electrons. The molecular weight excluding hydrogens is 256 g/mol. The van der Waals surface area contributed by atoms with Gasteiger partial charge in [-0.3, -0.25) is 4.79 Å². The Hall–Kier alpha value is -1.03. The van der Waals surface area contributed by atoms with Crippen LogP contribution in [0.4, 0.5) is 5.69 Å². The quantitative estimate of drug-likeness (QED) is 0.829. The Morgan fingerprint density at radius 1 is 1.53 bits per heavy atom. The Balaban J connectivity index is 2.70. The Morgan fingerprint density at radius 3 is 2.73 bits per heavy atom. The van der Waals surface area contributed by atoms with E-state index in [2.05, 4.69) is 35.1 Å². The first-order valence-electron chi connectivity index (χ1n) is 4.84. The van der Waals surface area contributed by atoms with Crippen molar-refractivity contribution in [1.29, 1.82) is 0 Å². The van der Waals surface area contributed by atoms with Crippen molar-refractivity contribution in [2.75, 3.05) is 12.3 Å². The summed E-state index contributed by atoms with van der Waals surface area (Å²) in [5, 5.41) is 2.84. The smallest absolute Gasteiger partial charge is 0.251 e. The third-order valence-corrected chi connectivity index (χ3v) is 2.62. The first kappa shape index (κ1) is 12.0. The van der Waals surface area contributed by atoms with E-state index in [4.69, 9.17) is 5.73 Å². The number of hydrogen-bond acceptors (Lipinski definition) is 2. The summed E-state index contributed by atoms with van der Waals surface area (Å²) in [5.41, 5.74) is 6.89. The van der Waals surface area contributed by atoms with E-state index in [-0.39, 0.29) is 5.91 Å². The van der Waals surface area contributed by atoms with Gasteiger partial charge in [0.25, 0.3) is 5.91 Å². The van der Waals surface area contributed by atoms with E-state index in [0.29, 0.717) is 23.7 Å². The van der Waals surface area contributed by atoms with Crippen LogP contribution in [0.5, 0.6) is 0 Å². The van der Waals surface area contributed by atoms with E-state index in [1.54, 1.807) is 18.2 Å². The molecule has 0 unspecified atom stereocenters. The van der Waals surface area contributed by atoms with E-state index < -0.39 is 0 Å². The Morgan fingerprint density at radius 2 is 2.20 bits per heavy atom. The number of benzene rings is 1. The van der Waals surface area contributed by atoms with Crippen molar-refractivity contribution < 1.29 is 4.79 Å². The van der Waals surface area contributed by atoms with Gasteiger partial charge in [0.05, 0.1) is 0 Å². The third-order valence-electron chi connectivity index (χ3n) is 1.93. The molecule has 1 rings (SSSR count). The fourth-order valence-electron chi connectivity index (χ4n) is 1.07. The van der Waals surface area contributed by atoms with Gasteiger partial charge >= 0.3 is 0 Å². The second kappa shape index (κ2) is 5.16. The van der Waals surface area contributed by atoms with Gasteiger partial charge in [0.1, 0.15) is 0 Å². The van der Waals surface area contributed by atoms with Crippen LogP contribution in [0.1, 0.15) is 24.2 Å². The number of nitrogen functional groups attached to an aromatic ring is 1. The zero-order valence-electron chi connectivity index (χ0n) is 8.88. The average Bonchev–Trinajstić information content (AvgIpc) is 2.18. The number of rotatable bonds is 3. The van der Waals surface area contributed by atoms with Gasteiger partial charge < -0.3 is 11.1 Å². The van der Waals surface area contributed by atoms with E-state index in [1.807, 2.05) is 0 Å². The predicted molar refractivity (Wildman–Crippen MR) is 65.7 cm³/mol. The molecule has 0 saturated heterocycles. The van der Waals surface area contributed by atoms with Crippen molar-refractivity contribution in [3.63, 3.8) is 0 Å². The van der Waals surface area contributed by atoms with Crippen LogP contribution >= 0.6 is 15.9 Å². The fraction of sp³-hybridized carbons (Fsp3) is 0.364. The van der Waals surface area contributed by atoms with Crippen LogP contribution in [0.15, 0.2) is 22.7 Å². The molecule has 1 amide bonds. The van der Waals surface area contributed by atoms with Crippen LogP contribution in [0.2, 0.25) is 0 Å². The minimum absolute atomic E-state index is 0.0654. The zero-order chi connectivity index (χ0) is 11.4. The molecule has 3 N–H and O–H groups in total. The summed E-state index contributed by atoms with van der Waals surface area (Å²) in [6, 6.07) is 5.16. The van der Waals surface area contributed by atoms with Crippen molar-refractivity contribution in [2.24, 2.45) is 5.92 Å². The second-order valence-corrected chi connectivity index (χ2v) is 4.69. The molecular formula is C11H15BrN2O. The number of nitrogens with one attached hydrogen (secondary N) is 1. The molecule has 0 aromatic heterocycles. The number of anilines is 1. The molecule has 0 saturated carbocycles. The summed E-state index contributed by atoms with van der Waals surface area (Å²) in [4.78, 5) is 11.6. The molecule has 1 aromatic rings. The molecule has 0 bridgehead atoms. The Labute approximate surface area is 98.2 Å². The van der Waals surface area contributed by atoms with Crippen LogP contribution in [-0.2, 0) is 0 Å². The molecule has 0 radical (unpaired) electrons. The van der Waals surface area contributed by atoms with E-state index in [1.165, 1.54) is 0 Å². The highest BCUT2D eigenvalue weighted by Crippen LogP contribution is 2.20. The topological polar surface area (TPSA) is 55.1 Å². The van der Waals surface area contributed by atoms with Gasteiger partial charge in [0.15, 0.2) is 0 Å². The number of carbonyl (C=O) groups is 1. The van der Waals surface area contributed by atoms with Gasteiger partial charge in [-0.15, -0.1) is 0 Å². The summed E-state index contributed by atoms with van der Waals surface area (Å²) in [6.07, 6.45) is 0. The molecule has 0 aliphatic carbocycles. The van der Waals surface area contributed by atoms with Crippen molar-refractivity contribution >= 4 is 27.5 Å². The third kappa shape index (κ3) is 3.55. The molecule has 0 aliphatic heterocycles. The Bertz CT molecular complexity index is 364. The minimum atomic E-state index is -0.0654. The maximum absolute atomic E-state index is 11.6. The summed E-state index contributed by atoms with van der Waals surface area (Å²) < 4.78 is 0.750. The molecule has 0 spiro atoms. The van der Waals surface area contributed by atoms with Gasteiger partial charge in [-0.05, 0) is 40.0 Å². The van der Waals surface area contributed by atoms with E-state index in [0.717, 1.165) is 4.47 Å². The summed E-state index contributed by atoms with van der Waals surface area (Å²) >= 11 is 3.29. The highest BCUT2D eigenvalue weighted by Gasteiger charge is 2.07. The van der Waals surface area contributed by atoms with Gasteiger partial charge in [-0.2, -0.15) is 0 Å². The monoisotopic (exact) mass is 270 g/mol. The van der Waals surface area contributed by atoms with Crippen LogP contribution in [0, 0.1) is 5.92 Å². The molecule has 0 aliphatic rings. The van der Waals surface area contributed by atoms with Crippen molar-refractivity contribution in [3.05, 3.63) is 28.2 Å². The number of carbonyl (C=O) groups excluding carboxylic acids is 1. The molecule has 15 heavy (non-hydrogen) atoms. The minimum Gasteiger partial charge on any atom is -0.398 e. The lowest BCUT2D eigenvalue weighted by Gasteiger charge is -2.08. The summed E-state index contributed by atoms with van der Waals surface area (Å²) in [7, 11) is 0. The maximum atomic E-state index is 11.6. The van der Waals surface area contributed by atoms with Crippen LogP contribution in [-0.4, -0.2) is 12.5 Å². The highest BCUT2D eigenvalue weighted by molar-refractivity contribution is 9.10. The number of halogens is 1. The Kier molecular flexibility index (Phi) is 4.15. The van der Waals surface area contributed by atoms with Crippen molar-refractivity contribution in [1.82, 2.24) is 5.32 Å². The van der Waals surface area contributed by atoms with E-state index in [9.17, 15) is 4.79 Å². The largest absolute Gasteiger partial charge is 0.398 e. The lowest BCUT2D eigenvalue weighted by Crippen LogP contribution is -2.27. The zero-order valence-corrected chi connectivity index (χ0v) is 10.5. The van der Waals surface area contributed by atoms with Gasteiger partial charge in [0.2, 0.25) is 0 Å². The first-order valence-corrected chi connectivity index (χ1v) is 5.63. The lowest BCUT2D eigenvalue weighted by atomic mass is 10.2. The summed E-state index contributed by atoms with van der Waals surface area (Å²) in [5.74, 6) is 0.385. The standard InChI is InChI=1S/C11H15BrN2O/c1-7(2)6-14-11(15)8-3-4-10(13)9(12)5-8/h3-5,7H,6,13H2,1-2H3,(H,14,15). The average molecular weight is 271 g/mol. The second-order valence-electron chi connectivity index (χ2n) is 3.84.